The average Bonchev–Trinajstić information content (AvgIpc) is 3.22. The fourth-order valence-electron chi connectivity index (χ4n) is 3.14. The van der Waals surface area contributed by atoms with Crippen molar-refractivity contribution in [1.82, 2.24) is 19.5 Å². The molecule has 0 bridgehead atoms. The summed E-state index contributed by atoms with van der Waals surface area (Å²) < 4.78 is 12.8. The monoisotopic (exact) mass is 387 g/mol. The first-order valence-corrected chi connectivity index (χ1v) is 8.78. The van der Waals surface area contributed by atoms with Gasteiger partial charge >= 0.3 is 0 Å². The molecule has 4 atom stereocenters. The fraction of sp³-hybridized carbons (Fsp3) is 0.389. The molecule has 0 amide bonds. The number of anilines is 1. The third-order valence-corrected chi connectivity index (χ3v) is 4.69. The molecule has 5 N–H and O–H groups in total. The van der Waals surface area contributed by atoms with E-state index in [1.165, 1.54) is 10.9 Å². The van der Waals surface area contributed by atoms with E-state index in [9.17, 15) is 15.3 Å². The van der Waals surface area contributed by atoms with Crippen molar-refractivity contribution in [3.63, 3.8) is 0 Å². The molecule has 3 heterocycles. The molecule has 1 aliphatic rings. The highest BCUT2D eigenvalue weighted by Crippen LogP contribution is 2.33. The van der Waals surface area contributed by atoms with E-state index in [-0.39, 0.29) is 18.4 Å². The molecule has 10 nitrogen and oxygen atoms in total. The van der Waals surface area contributed by atoms with Crippen LogP contribution >= 0.6 is 0 Å². The van der Waals surface area contributed by atoms with Gasteiger partial charge in [0.1, 0.15) is 24.9 Å². The van der Waals surface area contributed by atoms with Crippen molar-refractivity contribution in [2.24, 2.45) is 0 Å². The number of nitrogen functional groups attached to an aromatic ring is 1. The van der Waals surface area contributed by atoms with Crippen molar-refractivity contribution in [2.75, 3.05) is 12.3 Å². The van der Waals surface area contributed by atoms with Crippen LogP contribution in [0.4, 0.5) is 5.95 Å². The Kier molecular flexibility index (Phi) is 4.85. The third kappa shape index (κ3) is 3.27. The lowest BCUT2D eigenvalue weighted by molar-refractivity contribution is -0.0511. The third-order valence-electron chi connectivity index (χ3n) is 4.69. The number of aliphatic hydroxyl groups is 3. The topological polar surface area (TPSA) is 149 Å². The molecule has 10 heteroatoms. The second-order valence-corrected chi connectivity index (χ2v) is 6.71. The van der Waals surface area contributed by atoms with Gasteiger partial charge in [-0.25, -0.2) is 4.98 Å². The van der Waals surface area contributed by atoms with Gasteiger partial charge in [-0.15, -0.1) is 0 Å². The summed E-state index contributed by atoms with van der Waals surface area (Å²) >= 11 is 0. The number of aromatic nitrogens is 4. The van der Waals surface area contributed by atoms with E-state index >= 15 is 0 Å². The highest BCUT2D eigenvalue weighted by Gasteiger charge is 2.44. The molecule has 0 saturated carbocycles. The minimum atomic E-state index is -1.26. The molecule has 148 valence electrons. The average molecular weight is 387 g/mol. The van der Waals surface area contributed by atoms with E-state index in [1.54, 1.807) is 0 Å². The zero-order valence-electron chi connectivity index (χ0n) is 15.1. The van der Waals surface area contributed by atoms with Crippen LogP contribution in [0, 0.1) is 6.92 Å². The largest absolute Gasteiger partial charge is 0.471 e. The summed E-state index contributed by atoms with van der Waals surface area (Å²) in [6.45, 7) is 1.85. The van der Waals surface area contributed by atoms with Crippen molar-refractivity contribution in [3.8, 4) is 5.88 Å². The van der Waals surface area contributed by atoms with Crippen LogP contribution in [0.3, 0.4) is 0 Å². The Morgan fingerprint density at radius 1 is 1.18 bits per heavy atom. The van der Waals surface area contributed by atoms with Crippen LogP contribution in [-0.4, -0.2) is 59.8 Å². The maximum absolute atomic E-state index is 10.3. The number of ether oxygens (including phenoxy) is 2. The molecule has 28 heavy (non-hydrogen) atoms. The smallest absolute Gasteiger partial charge is 0.247 e. The number of rotatable bonds is 5. The summed E-state index contributed by atoms with van der Waals surface area (Å²) in [7, 11) is 0. The number of nitrogens with zero attached hydrogens (tertiary/aromatic N) is 4. The summed E-state index contributed by atoms with van der Waals surface area (Å²) in [5.41, 5.74) is 8.56. The molecule has 2 aromatic heterocycles. The Bertz CT molecular complexity index is 976. The zero-order valence-corrected chi connectivity index (χ0v) is 15.1. The SMILES string of the molecule is Cc1ccc(COc2nc(N)nc3c2ncn3C2O[C@H](CO)[C@@H](O)[C@H]2O)cc1. The van der Waals surface area contributed by atoms with Crippen LogP contribution in [-0.2, 0) is 11.3 Å². The Morgan fingerprint density at radius 2 is 1.93 bits per heavy atom. The highest BCUT2D eigenvalue weighted by molar-refractivity contribution is 5.77. The number of hydrogen-bond acceptors (Lipinski definition) is 9. The standard InChI is InChI=1S/C18H21N5O5/c1-9-2-4-10(5-3-9)7-27-16-12-15(21-18(19)22-16)23(8-20-12)17-14(26)13(25)11(6-24)28-17/h2-5,8,11,13-14,17,24-26H,6-7H2,1H3,(H2,19,21,22)/t11-,13-,14-,17?/m1/s1. The first kappa shape index (κ1) is 18.6. The number of fused-ring (bicyclic) bond motifs is 1. The quantitative estimate of drug-likeness (QED) is 0.471. The van der Waals surface area contributed by atoms with Crippen LogP contribution in [0.5, 0.6) is 5.88 Å². The second kappa shape index (κ2) is 7.32. The molecule has 1 aromatic carbocycles. The fourth-order valence-corrected chi connectivity index (χ4v) is 3.14. The molecule has 0 radical (unpaired) electrons. The van der Waals surface area contributed by atoms with Crippen molar-refractivity contribution in [1.29, 1.82) is 0 Å². The lowest BCUT2D eigenvalue weighted by Gasteiger charge is -2.16. The van der Waals surface area contributed by atoms with Gasteiger partial charge in [0.2, 0.25) is 11.8 Å². The van der Waals surface area contributed by atoms with Gasteiger partial charge in [-0.3, -0.25) is 4.57 Å². The molecule has 1 unspecified atom stereocenters. The summed E-state index contributed by atoms with van der Waals surface area (Å²) in [6, 6.07) is 7.88. The van der Waals surface area contributed by atoms with Crippen LogP contribution in [0.25, 0.3) is 11.2 Å². The Morgan fingerprint density at radius 3 is 2.61 bits per heavy atom. The number of nitrogens with two attached hydrogens (primary N) is 1. The molecule has 4 rings (SSSR count). The Labute approximate surface area is 160 Å². The normalized spacial score (nSPS) is 24.7. The van der Waals surface area contributed by atoms with Gasteiger partial charge in [-0.1, -0.05) is 29.8 Å². The molecule has 3 aromatic rings. The van der Waals surface area contributed by atoms with E-state index in [0.29, 0.717) is 11.2 Å². The number of hydrogen-bond donors (Lipinski definition) is 4. The van der Waals surface area contributed by atoms with Gasteiger partial charge in [0, 0.05) is 0 Å². The first-order valence-electron chi connectivity index (χ1n) is 8.78. The first-order chi connectivity index (χ1) is 13.5. The van der Waals surface area contributed by atoms with Crippen LogP contribution in [0.15, 0.2) is 30.6 Å². The van der Waals surface area contributed by atoms with Crippen LogP contribution < -0.4 is 10.5 Å². The molecule has 1 saturated heterocycles. The number of benzene rings is 1. The van der Waals surface area contributed by atoms with Gasteiger partial charge in [0.15, 0.2) is 17.4 Å². The van der Waals surface area contributed by atoms with Gasteiger partial charge in [0.05, 0.1) is 12.9 Å². The summed E-state index contributed by atoms with van der Waals surface area (Å²) in [5, 5.41) is 29.5. The van der Waals surface area contributed by atoms with E-state index in [4.69, 9.17) is 15.2 Å². The predicted octanol–water partition coefficient (Wildman–Crippen LogP) is -0.0926. The van der Waals surface area contributed by atoms with Gasteiger partial charge < -0.3 is 30.5 Å². The molecule has 0 aliphatic carbocycles. The van der Waals surface area contributed by atoms with E-state index in [2.05, 4.69) is 15.0 Å². The van der Waals surface area contributed by atoms with Gasteiger partial charge in [-0.05, 0) is 12.5 Å². The Hall–Kier alpha value is -2.79. The van der Waals surface area contributed by atoms with Crippen molar-refractivity contribution < 1.29 is 24.8 Å². The van der Waals surface area contributed by atoms with Crippen molar-refractivity contribution >= 4 is 17.1 Å². The van der Waals surface area contributed by atoms with Crippen molar-refractivity contribution in [2.45, 2.75) is 38.1 Å². The van der Waals surface area contributed by atoms with Crippen LogP contribution in [0.1, 0.15) is 17.4 Å². The number of aryl methyl sites for hydroxylation is 1. The molecule has 0 spiro atoms. The minimum absolute atomic E-state index is 0.0279. The lowest BCUT2D eigenvalue weighted by Crippen LogP contribution is -2.33. The van der Waals surface area contributed by atoms with Crippen molar-refractivity contribution in [3.05, 3.63) is 41.7 Å². The summed E-state index contributed by atoms with van der Waals surface area (Å²) in [5.74, 6) is 0.175. The summed E-state index contributed by atoms with van der Waals surface area (Å²) in [4.78, 5) is 12.5. The molecule has 1 fully saturated rings. The van der Waals surface area contributed by atoms with E-state index < -0.39 is 31.1 Å². The summed E-state index contributed by atoms with van der Waals surface area (Å²) in [6.07, 6.45) is -2.98. The van der Waals surface area contributed by atoms with Gasteiger partial charge in [0.25, 0.3) is 0 Å². The van der Waals surface area contributed by atoms with E-state index in [1.807, 2.05) is 31.2 Å². The van der Waals surface area contributed by atoms with Gasteiger partial charge in [-0.2, -0.15) is 9.97 Å². The lowest BCUT2D eigenvalue weighted by atomic mass is 10.1. The second-order valence-electron chi connectivity index (χ2n) is 6.71. The Balaban J connectivity index is 1.64. The van der Waals surface area contributed by atoms with Crippen LogP contribution in [0.2, 0.25) is 0 Å². The van der Waals surface area contributed by atoms with E-state index in [0.717, 1.165) is 11.1 Å². The molecule has 1 aliphatic heterocycles. The zero-order chi connectivity index (χ0) is 19.8. The predicted molar refractivity (Wildman–Crippen MR) is 98.3 cm³/mol. The maximum Gasteiger partial charge on any atom is 0.247 e. The maximum atomic E-state index is 10.3. The molecular formula is C18H21N5O5. The number of imidazole rings is 1. The minimum Gasteiger partial charge on any atom is -0.471 e. The highest BCUT2D eigenvalue weighted by atomic mass is 16.6. The molecular weight excluding hydrogens is 366 g/mol. The number of aliphatic hydroxyl groups excluding tert-OH is 3.